The molecule has 112 valence electrons. The SMILES string of the molecule is CC[C@@H](NC[C@H](O)c1ccc(Cl)cc1)c1ccccc1F. The molecule has 0 radical (unpaired) electrons. The minimum atomic E-state index is -0.650. The van der Waals surface area contributed by atoms with Crippen molar-refractivity contribution in [2.24, 2.45) is 0 Å². The third-order valence-corrected chi connectivity index (χ3v) is 3.75. The highest BCUT2D eigenvalue weighted by Gasteiger charge is 2.15. The zero-order chi connectivity index (χ0) is 15.2. The van der Waals surface area contributed by atoms with Crippen LogP contribution in [0.2, 0.25) is 5.02 Å². The fourth-order valence-corrected chi connectivity index (χ4v) is 2.41. The summed E-state index contributed by atoms with van der Waals surface area (Å²) in [5, 5.41) is 14.0. The van der Waals surface area contributed by atoms with Gasteiger partial charge in [0.25, 0.3) is 0 Å². The largest absolute Gasteiger partial charge is 0.387 e. The molecule has 0 aromatic heterocycles. The van der Waals surface area contributed by atoms with E-state index in [1.807, 2.05) is 13.0 Å². The minimum Gasteiger partial charge on any atom is -0.387 e. The number of nitrogens with one attached hydrogen (secondary N) is 1. The van der Waals surface area contributed by atoms with Crippen LogP contribution in [0, 0.1) is 5.82 Å². The molecule has 0 aliphatic heterocycles. The lowest BCUT2D eigenvalue weighted by atomic mass is 10.0. The van der Waals surface area contributed by atoms with Crippen LogP contribution in [0.3, 0.4) is 0 Å². The van der Waals surface area contributed by atoms with E-state index in [4.69, 9.17) is 11.6 Å². The summed E-state index contributed by atoms with van der Waals surface area (Å²) in [6.07, 6.45) is 0.0944. The Morgan fingerprint density at radius 2 is 1.81 bits per heavy atom. The first-order valence-electron chi connectivity index (χ1n) is 7.03. The molecule has 0 aliphatic rings. The molecule has 2 nitrogen and oxygen atoms in total. The molecule has 0 saturated carbocycles. The molecule has 0 fully saturated rings. The van der Waals surface area contributed by atoms with E-state index < -0.39 is 6.10 Å². The number of benzene rings is 2. The van der Waals surface area contributed by atoms with Gasteiger partial charge in [-0.3, -0.25) is 0 Å². The quantitative estimate of drug-likeness (QED) is 0.836. The number of aliphatic hydroxyl groups excluding tert-OH is 1. The molecule has 2 aromatic rings. The van der Waals surface area contributed by atoms with Crippen LogP contribution in [0.25, 0.3) is 0 Å². The number of halogens is 2. The lowest BCUT2D eigenvalue weighted by Gasteiger charge is -2.20. The van der Waals surface area contributed by atoms with Gasteiger partial charge in [0, 0.05) is 23.2 Å². The molecule has 0 unspecified atom stereocenters. The van der Waals surface area contributed by atoms with Crippen molar-refractivity contribution in [3.8, 4) is 0 Å². The molecule has 2 atom stereocenters. The van der Waals surface area contributed by atoms with Crippen LogP contribution in [0.1, 0.15) is 36.6 Å². The van der Waals surface area contributed by atoms with Gasteiger partial charge in [-0.1, -0.05) is 48.9 Å². The third-order valence-electron chi connectivity index (χ3n) is 3.50. The Hall–Kier alpha value is -1.42. The molecule has 0 saturated heterocycles. The fraction of sp³-hybridized carbons (Fsp3) is 0.294. The number of rotatable bonds is 6. The normalized spacial score (nSPS) is 13.9. The van der Waals surface area contributed by atoms with Gasteiger partial charge in [-0.05, 0) is 30.2 Å². The lowest BCUT2D eigenvalue weighted by molar-refractivity contribution is 0.169. The molecular weight excluding hydrogens is 289 g/mol. The van der Waals surface area contributed by atoms with Gasteiger partial charge in [-0.2, -0.15) is 0 Å². The molecule has 0 aliphatic carbocycles. The van der Waals surface area contributed by atoms with Crippen LogP contribution in [-0.2, 0) is 0 Å². The maximum atomic E-state index is 13.8. The van der Waals surface area contributed by atoms with E-state index in [-0.39, 0.29) is 11.9 Å². The number of aliphatic hydroxyl groups is 1. The van der Waals surface area contributed by atoms with Gasteiger partial charge in [0.05, 0.1) is 6.10 Å². The van der Waals surface area contributed by atoms with E-state index in [9.17, 15) is 9.50 Å². The average molecular weight is 308 g/mol. The first-order chi connectivity index (χ1) is 10.1. The molecule has 0 heterocycles. The Balaban J connectivity index is 2.00. The van der Waals surface area contributed by atoms with E-state index in [0.29, 0.717) is 17.1 Å². The Bertz CT molecular complexity index is 573. The summed E-state index contributed by atoms with van der Waals surface area (Å²) in [6.45, 7) is 2.34. The Morgan fingerprint density at radius 3 is 2.43 bits per heavy atom. The van der Waals surface area contributed by atoms with Crippen LogP contribution in [0.5, 0.6) is 0 Å². The first-order valence-corrected chi connectivity index (χ1v) is 7.41. The van der Waals surface area contributed by atoms with E-state index in [1.165, 1.54) is 6.07 Å². The molecule has 0 bridgehead atoms. The van der Waals surface area contributed by atoms with Gasteiger partial charge in [0.15, 0.2) is 0 Å². The smallest absolute Gasteiger partial charge is 0.127 e. The summed E-state index contributed by atoms with van der Waals surface area (Å²) in [5.74, 6) is -0.224. The second-order valence-corrected chi connectivity index (χ2v) is 5.39. The van der Waals surface area contributed by atoms with Gasteiger partial charge < -0.3 is 10.4 Å². The fourth-order valence-electron chi connectivity index (χ4n) is 2.29. The Morgan fingerprint density at radius 1 is 1.14 bits per heavy atom. The van der Waals surface area contributed by atoms with Crippen molar-refractivity contribution >= 4 is 11.6 Å². The number of hydrogen-bond acceptors (Lipinski definition) is 2. The van der Waals surface area contributed by atoms with Crippen LogP contribution in [-0.4, -0.2) is 11.7 Å². The van der Waals surface area contributed by atoms with Gasteiger partial charge >= 0.3 is 0 Å². The third kappa shape index (κ3) is 4.27. The Labute approximate surface area is 129 Å². The van der Waals surface area contributed by atoms with Crippen molar-refractivity contribution in [1.29, 1.82) is 0 Å². The van der Waals surface area contributed by atoms with Crippen LogP contribution in [0.4, 0.5) is 4.39 Å². The monoisotopic (exact) mass is 307 g/mol. The summed E-state index contributed by atoms with van der Waals surface area (Å²) in [7, 11) is 0. The second-order valence-electron chi connectivity index (χ2n) is 4.96. The molecule has 21 heavy (non-hydrogen) atoms. The standard InChI is InChI=1S/C17H19ClFNO/c1-2-16(14-5-3-4-6-15(14)19)20-11-17(21)12-7-9-13(18)10-8-12/h3-10,16-17,20-21H,2,11H2,1H3/t16-,17+/m1/s1. The zero-order valence-electron chi connectivity index (χ0n) is 11.9. The van der Waals surface area contributed by atoms with E-state index in [2.05, 4.69) is 5.32 Å². The topological polar surface area (TPSA) is 32.3 Å². The van der Waals surface area contributed by atoms with Crippen molar-refractivity contribution in [1.82, 2.24) is 5.32 Å². The van der Waals surface area contributed by atoms with Gasteiger partial charge in [-0.15, -0.1) is 0 Å². The highest BCUT2D eigenvalue weighted by atomic mass is 35.5. The number of hydrogen-bond donors (Lipinski definition) is 2. The van der Waals surface area contributed by atoms with Crippen molar-refractivity contribution in [2.75, 3.05) is 6.54 Å². The molecule has 2 rings (SSSR count). The maximum absolute atomic E-state index is 13.8. The van der Waals surface area contributed by atoms with Crippen LogP contribution in [0.15, 0.2) is 48.5 Å². The van der Waals surface area contributed by atoms with E-state index in [0.717, 1.165) is 12.0 Å². The van der Waals surface area contributed by atoms with Gasteiger partial charge in [0.1, 0.15) is 5.82 Å². The summed E-state index contributed by atoms with van der Waals surface area (Å²) in [4.78, 5) is 0. The molecule has 0 spiro atoms. The predicted molar refractivity (Wildman–Crippen MR) is 83.8 cm³/mol. The minimum absolute atomic E-state index is 0.117. The highest BCUT2D eigenvalue weighted by molar-refractivity contribution is 6.30. The van der Waals surface area contributed by atoms with Gasteiger partial charge in [0.2, 0.25) is 0 Å². The maximum Gasteiger partial charge on any atom is 0.127 e. The summed E-state index contributed by atoms with van der Waals surface area (Å²) in [6, 6.07) is 13.7. The Kier molecular flexibility index (Phi) is 5.74. The molecule has 2 aromatic carbocycles. The van der Waals surface area contributed by atoms with Crippen LogP contribution < -0.4 is 5.32 Å². The van der Waals surface area contributed by atoms with Crippen molar-refractivity contribution in [2.45, 2.75) is 25.5 Å². The summed E-state index contributed by atoms with van der Waals surface area (Å²) in [5.41, 5.74) is 1.42. The molecular formula is C17H19ClFNO. The first kappa shape index (κ1) is 16.0. The summed E-state index contributed by atoms with van der Waals surface area (Å²) >= 11 is 5.82. The highest BCUT2D eigenvalue weighted by Crippen LogP contribution is 2.21. The zero-order valence-corrected chi connectivity index (χ0v) is 12.6. The van der Waals surface area contributed by atoms with Crippen molar-refractivity contribution in [3.05, 3.63) is 70.5 Å². The molecule has 4 heteroatoms. The summed E-state index contributed by atoms with van der Waals surface area (Å²) < 4.78 is 13.8. The lowest BCUT2D eigenvalue weighted by Crippen LogP contribution is -2.26. The van der Waals surface area contributed by atoms with Crippen molar-refractivity contribution < 1.29 is 9.50 Å². The molecule has 2 N–H and O–H groups in total. The average Bonchev–Trinajstić information content (AvgIpc) is 2.50. The second kappa shape index (κ2) is 7.55. The van der Waals surface area contributed by atoms with E-state index in [1.54, 1.807) is 36.4 Å². The van der Waals surface area contributed by atoms with Gasteiger partial charge in [-0.25, -0.2) is 4.39 Å². The predicted octanol–water partition coefficient (Wildman–Crippen LogP) is 4.25. The van der Waals surface area contributed by atoms with E-state index >= 15 is 0 Å². The van der Waals surface area contributed by atoms with Crippen molar-refractivity contribution in [3.63, 3.8) is 0 Å². The molecule has 0 amide bonds. The van der Waals surface area contributed by atoms with Crippen LogP contribution >= 0.6 is 11.6 Å².